The minimum atomic E-state index is -0.305. The molecular formula is C27H24ClNO2. The van der Waals surface area contributed by atoms with Crippen molar-refractivity contribution in [3.8, 4) is 16.8 Å². The number of benzene rings is 3. The van der Waals surface area contributed by atoms with Gasteiger partial charge in [0.1, 0.15) is 0 Å². The SMILES string of the molecule is CCOC(=O)c1c(-c2ccccc2)c(Cc2ccccc2)n(-c2ccc(Cl)cc2)c1C. The van der Waals surface area contributed by atoms with Gasteiger partial charge in [-0.2, -0.15) is 0 Å². The van der Waals surface area contributed by atoms with Crippen LogP contribution >= 0.6 is 11.6 Å². The van der Waals surface area contributed by atoms with E-state index in [1.165, 1.54) is 5.56 Å². The van der Waals surface area contributed by atoms with Crippen molar-refractivity contribution in [1.82, 2.24) is 4.57 Å². The lowest BCUT2D eigenvalue weighted by Crippen LogP contribution is -2.07. The molecule has 0 aliphatic heterocycles. The third kappa shape index (κ3) is 4.28. The third-order valence-electron chi connectivity index (χ3n) is 5.35. The number of halogens is 1. The molecular weight excluding hydrogens is 406 g/mol. The van der Waals surface area contributed by atoms with Crippen molar-refractivity contribution in [2.45, 2.75) is 20.3 Å². The van der Waals surface area contributed by atoms with Crippen molar-refractivity contribution >= 4 is 17.6 Å². The summed E-state index contributed by atoms with van der Waals surface area (Å²) in [6, 6.07) is 28.0. The van der Waals surface area contributed by atoms with E-state index in [-0.39, 0.29) is 5.97 Å². The zero-order valence-electron chi connectivity index (χ0n) is 17.6. The molecule has 0 atom stereocenters. The maximum Gasteiger partial charge on any atom is 0.340 e. The molecule has 3 nitrogen and oxygen atoms in total. The minimum Gasteiger partial charge on any atom is -0.462 e. The van der Waals surface area contributed by atoms with Crippen molar-refractivity contribution in [2.24, 2.45) is 0 Å². The fourth-order valence-corrected chi connectivity index (χ4v) is 4.14. The van der Waals surface area contributed by atoms with Gasteiger partial charge >= 0.3 is 5.97 Å². The Morgan fingerprint density at radius 3 is 2.13 bits per heavy atom. The van der Waals surface area contributed by atoms with E-state index in [0.29, 0.717) is 23.6 Å². The van der Waals surface area contributed by atoms with Crippen LogP contribution in [-0.2, 0) is 11.2 Å². The maximum absolute atomic E-state index is 13.1. The van der Waals surface area contributed by atoms with Crippen LogP contribution < -0.4 is 0 Å². The fraction of sp³-hybridized carbons (Fsp3) is 0.148. The van der Waals surface area contributed by atoms with Crippen molar-refractivity contribution < 1.29 is 9.53 Å². The van der Waals surface area contributed by atoms with Crippen LogP contribution in [0.25, 0.3) is 16.8 Å². The zero-order valence-corrected chi connectivity index (χ0v) is 18.4. The molecule has 3 aromatic carbocycles. The molecule has 0 spiro atoms. The number of carbonyl (C=O) groups excluding carboxylic acids is 1. The molecule has 0 fully saturated rings. The molecule has 0 amide bonds. The van der Waals surface area contributed by atoms with Crippen LogP contribution in [-0.4, -0.2) is 17.1 Å². The second-order valence-corrected chi connectivity index (χ2v) is 7.78. The molecule has 0 aliphatic rings. The second kappa shape index (κ2) is 9.23. The van der Waals surface area contributed by atoms with Gasteiger partial charge in [-0.1, -0.05) is 72.3 Å². The van der Waals surface area contributed by atoms with Gasteiger partial charge < -0.3 is 9.30 Å². The number of aromatic nitrogens is 1. The summed E-state index contributed by atoms with van der Waals surface area (Å²) in [5, 5.41) is 0.673. The monoisotopic (exact) mass is 429 g/mol. The first-order valence-corrected chi connectivity index (χ1v) is 10.7. The van der Waals surface area contributed by atoms with Gasteiger partial charge in [-0.3, -0.25) is 0 Å². The van der Waals surface area contributed by atoms with E-state index >= 15 is 0 Å². The number of nitrogens with zero attached hydrogens (tertiary/aromatic N) is 1. The van der Waals surface area contributed by atoms with Crippen LogP contribution in [0, 0.1) is 6.92 Å². The highest BCUT2D eigenvalue weighted by molar-refractivity contribution is 6.30. The Bertz CT molecular complexity index is 1180. The Kier molecular flexibility index (Phi) is 6.24. The van der Waals surface area contributed by atoms with Gasteiger partial charge in [0.25, 0.3) is 0 Å². The van der Waals surface area contributed by atoms with E-state index in [4.69, 9.17) is 16.3 Å². The third-order valence-corrected chi connectivity index (χ3v) is 5.60. The summed E-state index contributed by atoms with van der Waals surface area (Å²) in [7, 11) is 0. The first kappa shape index (κ1) is 21.0. The molecule has 1 aromatic heterocycles. The number of rotatable bonds is 6. The molecule has 0 N–H and O–H groups in total. The van der Waals surface area contributed by atoms with Crippen molar-refractivity contribution in [3.05, 3.63) is 112 Å². The summed E-state index contributed by atoms with van der Waals surface area (Å²) < 4.78 is 7.62. The molecule has 0 radical (unpaired) electrons. The summed E-state index contributed by atoms with van der Waals surface area (Å²) >= 11 is 6.15. The van der Waals surface area contributed by atoms with Gasteiger partial charge in [0.15, 0.2) is 0 Å². The summed E-state index contributed by atoms with van der Waals surface area (Å²) in [6.07, 6.45) is 0.675. The Labute approximate surface area is 187 Å². The number of esters is 1. The first-order chi connectivity index (χ1) is 15.1. The number of hydrogen-bond donors (Lipinski definition) is 0. The van der Waals surface area contributed by atoms with Crippen LogP contribution in [0.2, 0.25) is 5.02 Å². The first-order valence-electron chi connectivity index (χ1n) is 10.4. The highest BCUT2D eigenvalue weighted by Gasteiger charge is 2.27. The van der Waals surface area contributed by atoms with Crippen LogP contribution in [0.3, 0.4) is 0 Å². The Morgan fingerprint density at radius 1 is 0.903 bits per heavy atom. The predicted molar refractivity (Wildman–Crippen MR) is 126 cm³/mol. The summed E-state index contributed by atoms with van der Waals surface area (Å²) in [5.74, 6) is -0.305. The smallest absolute Gasteiger partial charge is 0.340 e. The van der Waals surface area contributed by atoms with Crippen LogP contribution in [0.5, 0.6) is 0 Å². The lowest BCUT2D eigenvalue weighted by Gasteiger charge is -2.14. The molecule has 0 aliphatic carbocycles. The predicted octanol–water partition coefficient (Wildman–Crippen LogP) is 6.87. The fourth-order valence-electron chi connectivity index (χ4n) is 4.02. The summed E-state index contributed by atoms with van der Waals surface area (Å²) in [4.78, 5) is 13.1. The molecule has 0 saturated carbocycles. The van der Waals surface area contributed by atoms with Crippen molar-refractivity contribution in [3.63, 3.8) is 0 Å². The van der Waals surface area contributed by atoms with Crippen molar-refractivity contribution in [1.29, 1.82) is 0 Å². The minimum absolute atomic E-state index is 0.305. The molecule has 0 saturated heterocycles. The molecule has 4 heteroatoms. The molecule has 31 heavy (non-hydrogen) atoms. The van der Waals surface area contributed by atoms with Gasteiger partial charge in [-0.05, 0) is 49.2 Å². The normalized spacial score (nSPS) is 10.8. The van der Waals surface area contributed by atoms with Gasteiger partial charge in [-0.25, -0.2) is 4.79 Å². The molecule has 4 rings (SSSR count). The Balaban J connectivity index is 2.03. The lowest BCUT2D eigenvalue weighted by molar-refractivity contribution is 0.0526. The van der Waals surface area contributed by atoms with Gasteiger partial charge in [-0.15, -0.1) is 0 Å². The van der Waals surface area contributed by atoms with E-state index in [9.17, 15) is 4.79 Å². The van der Waals surface area contributed by atoms with E-state index in [1.54, 1.807) is 0 Å². The van der Waals surface area contributed by atoms with E-state index < -0.39 is 0 Å². The molecule has 0 unspecified atom stereocenters. The second-order valence-electron chi connectivity index (χ2n) is 7.34. The van der Waals surface area contributed by atoms with E-state index in [2.05, 4.69) is 16.7 Å². The summed E-state index contributed by atoms with van der Waals surface area (Å²) in [5.41, 5.74) is 6.53. The largest absolute Gasteiger partial charge is 0.462 e. The number of carbonyl (C=O) groups is 1. The van der Waals surface area contributed by atoms with Crippen LogP contribution in [0.4, 0.5) is 0 Å². The summed E-state index contributed by atoms with van der Waals surface area (Å²) in [6.45, 7) is 4.13. The standard InChI is InChI=1S/C27H24ClNO2/c1-3-31-27(30)25-19(2)29(23-16-14-22(28)15-17-23)24(18-20-10-6-4-7-11-20)26(25)21-12-8-5-9-13-21/h4-17H,3,18H2,1-2H3. The van der Waals surface area contributed by atoms with Crippen LogP contribution in [0.15, 0.2) is 84.9 Å². The average Bonchev–Trinajstić information content (AvgIpc) is 3.07. The topological polar surface area (TPSA) is 31.2 Å². The molecule has 4 aromatic rings. The molecule has 0 bridgehead atoms. The molecule has 156 valence electrons. The quantitative estimate of drug-likeness (QED) is 0.313. The highest BCUT2D eigenvalue weighted by Crippen LogP contribution is 2.37. The van der Waals surface area contributed by atoms with E-state index in [1.807, 2.05) is 86.6 Å². The Hall–Kier alpha value is -3.30. The van der Waals surface area contributed by atoms with Gasteiger partial charge in [0.05, 0.1) is 12.2 Å². The Morgan fingerprint density at radius 2 is 1.52 bits per heavy atom. The van der Waals surface area contributed by atoms with Gasteiger partial charge in [0, 0.05) is 34.1 Å². The number of hydrogen-bond acceptors (Lipinski definition) is 2. The van der Waals surface area contributed by atoms with Crippen LogP contribution in [0.1, 0.15) is 34.2 Å². The zero-order chi connectivity index (χ0) is 21.8. The average molecular weight is 430 g/mol. The van der Waals surface area contributed by atoms with Crippen molar-refractivity contribution in [2.75, 3.05) is 6.61 Å². The van der Waals surface area contributed by atoms with E-state index in [0.717, 1.165) is 28.2 Å². The van der Waals surface area contributed by atoms with Gasteiger partial charge in [0.2, 0.25) is 0 Å². The molecule has 1 heterocycles. The maximum atomic E-state index is 13.1. The highest BCUT2D eigenvalue weighted by atomic mass is 35.5. The number of ether oxygens (including phenoxy) is 1. The lowest BCUT2D eigenvalue weighted by atomic mass is 9.97.